The van der Waals surface area contributed by atoms with E-state index in [0.717, 1.165) is 5.56 Å². The van der Waals surface area contributed by atoms with E-state index in [1.807, 2.05) is 0 Å². The average Bonchev–Trinajstić information content (AvgIpc) is 2.65. The molecule has 0 radical (unpaired) electrons. The van der Waals surface area contributed by atoms with E-state index >= 15 is 0 Å². The predicted octanol–water partition coefficient (Wildman–Crippen LogP) is 1.24. The SMILES string of the molecule is Cn1cnc(Oc2ccc(C(N)=S)cc2)n1. The number of hydrogen-bond acceptors (Lipinski definition) is 4. The van der Waals surface area contributed by atoms with E-state index in [1.54, 1.807) is 42.3 Å². The minimum atomic E-state index is 0.311. The van der Waals surface area contributed by atoms with Crippen molar-refractivity contribution in [3.05, 3.63) is 36.2 Å². The highest BCUT2D eigenvalue weighted by molar-refractivity contribution is 7.80. The molecule has 0 bridgehead atoms. The number of benzene rings is 1. The van der Waals surface area contributed by atoms with Crippen molar-refractivity contribution in [2.45, 2.75) is 0 Å². The van der Waals surface area contributed by atoms with Crippen LogP contribution in [0.25, 0.3) is 0 Å². The molecule has 5 nitrogen and oxygen atoms in total. The van der Waals surface area contributed by atoms with E-state index < -0.39 is 0 Å². The molecule has 1 heterocycles. The van der Waals surface area contributed by atoms with Crippen LogP contribution in [0.4, 0.5) is 0 Å². The van der Waals surface area contributed by atoms with Gasteiger partial charge >= 0.3 is 6.01 Å². The van der Waals surface area contributed by atoms with Crippen molar-refractivity contribution in [1.29, 1.82) is 0 Å². The molecule has 0 saturated carbocycles. The summed E-state index contributed by atoms with van der Waals surface area (Å²) in [5.41, 5.74) is 6.28. The lowest BCUT2D eigenvalue weighted by molar-refractivity contribution is 0.439. The van der Waals surface area contributed by atoms with Crippen LogP contribution in [0.15, 0.2) is 30.6 Å². The fraction of sp³-hybridized carbons (Fsp3) is 0.100. The van der Waals surface area contributed by atoms with Gasteiger partial charge in [-0.3, -0.25) is 4.68 Å². The molecule has 1 aromatic carbocycles. The molecule has 82 valence electrons. The van der Waals surface area contributed by atoms with Crippen molar-refractivity contribution < 1.29 is 4.74 Å². The third kappa shape index (κ3) is 2.34. The normalized spacial score (nSPS) is 10.1. The van der Waals surface area contributed by atoms with Gasteiger partial charge in [0.2, 0.25) is 0 Å². The van der Waals surface area contributed by atoms with Gasteiger partial charge in [-0.25, -0.2) is 0 Å². The van der Waals surface area contributed by atoms with Crippen molar-refractivity contribution in [2.75, 3.05) is 0 Å². The summed E-state index contributed by atoms with van der Waals surface area (Å²) < 4.78 is 6.97. The van der Waals surface area contributed by atoms with Gasteiger partial charge in [0.1, 0.15) is 17.1 Å². The number of aryl methyl sites for hydroxylation is 1. The van der Waals surface area contributed by atoms with Gasteiger partial charge in [0.15, 0.2) is 0 Å². The van der Waals surface area contributed by atoms with Crippen LogP contribution in [0.5, 0.6) is 11.8 Å². The molecule has 0 aliphatic rings. The van der Waals surface area contributed by atoms with Crippen molar-refractivity contribution in [2.24, 2.45) is 12.8 Å². The molecular weight excluding hydrogens is 224 g/mol. The number of thiocarbonyl (C=S) groups is 1. The van der Waals surface area contributed by atoms with Gasteiger partial charge in [-0.1, -0.05) is 12.2 Å². The molecule has 2 aromatic rings. The lowest BCUT2D eigenvalue weighted by Gasteiger charge is -2.02. The molecule has 0 atom stereocenters. The lowest BCUT2D eigenvalue weighted by Crippen LogP contribution is -2.08. The Morgan fingerprint density at radius 2 is 2.06 bits per heavy atom. The number of ether oxygens (including phenoxy) is 1. The van der Waals surface area contributed by atoms with Crippen LogP contribution >= 0.6 is 12.2 Å². The Morgan fingerprint density at radius 3 is 2.56 bits per heavy atom. The number of rotatable bonds is 3. The molecule has 0 aliphatic carbocycles. The van der Waals surface area contributed by atoms with Crippen molar-refractivity contribution in [3.8, 4) is 11.8 Å². The summed E-state index contributed by atoms with van der Waals surface area (Å²) in [6.07, 6.45) is 1.57. The zero-order valence-electron chi connectivity index (χ0n) is 8.62. The number of hydrogen-bond donors (Lipinski definition) is 1. The van der Waals surface area contributed by atoms with Gasteiger partial charge in [-0.15, -0.1) is 5.10 Å². The highest BCUT2D eigenvalue weighted by Gasteiger charge is 2.02. The number of nitrogens with zero attached hydrogens (tertiary/aromatic N) is 3. The topological polar surface area (TPSA) is 66.0 Å². The molecule has 1 aromatic heterocycles. The Labute approximate surface area is 97.9 Å². The van der Waals surface area contributed by atoms with Crippen molar-refractivity contribution in [1.82, 2.24) is 14.8 Å². The first-order chi connectivity index (χ1) is 7.65. The Morgan fingerprint density at radius 1 is 1.38 bits per heavy atom. The molecule has 16 heavy (non-hydrogen) atoms. The number of nitrogens with two attached hydrogens (primary N) is 1. The van der Waals surface area contributed by atoms with E-state index in [0.29, 0.717) is 16.7 Å². The molecule has 0 amide bonds. The highest BCUT2D eigenvalue weighted by atomic mass is 32.1. The zero-order chi connectivity index (χ0) is 11.5. The fourth-order valence-electron chi connectivity index (χ4n) is 1.16. The maximum absolute atomic E-state index is 5.48. The maximum Gasteiger partial charge on any atom is 0.340 e. The van der Waals surface area contributed by atoms with Gasteiger partial charge in [0.05, 0.1) is 0 Å². The summed E-state index contributed by atoms with van der Waals surface area (Å²) in [6, 6.07) is 7.43. The largest absolute Gasteiger partial charge is 0.423 e. The Hall–Kier alpha value is -1.95. The second kappa shape index (κ2) is 4.28. The summed E-state index contributed by atoms with van der Waals surface area (Å²) in [4.78, 5) is 4.31. The molecular formula is C10H10N4OS. The quantitative estimate of drug-likeness (QED) is 0.809. The molecule has 2 rings (SSSR count). The highest BCUT2D eigenvalue weighted by Crippen LogP contribution is 2.17. The first kappa shape index (κ1) is 10.6. The monoisotopic (exact) mass is 234 g/mol. The van der Waals surface area contributed by atoms with Crippen molar-refractivity contribution >= 4 is 17.2 Å². The molecule has 0 saturated heterocycles. The van der Waals surface area contributed by atoms with Crippen LogP contribution in [-0.2, 0) is 7.05 Å². The van der Waals surface area contributed by atoms with E-state index in [9.17, 15) is 0 Å². The summed E-state index contributed by atoms with van der Waals surface area (Å²) >= 11 is 4.85. The Balaban J connectivity index is 2.14. The van der Waals surface area contributed by atoms with Gasteiger partial charge in [0, 0.05) is 12.6 Å². The second-order valence-corrected chi connectivity index (χ2v) is 3.63. The third-order valence-electron chi connectivity index (χ3n) is 1.93. The van der Waals surface area contributed by atoms with Crippen LogP contribution < -0.4 is 10.5 Å². The van der Waals surface area contributed by atoms with Gasteiger partial charge in [-0.05, 0) is 24.3 Å². The molecule has 0 aliphatic heterocycles. The third-order valence-corrected chi connectivity index (χ3v) is 2.16. The van der Waals surface area contributed by atoms with Gasteiger partial charge in [0.25, 0.3) is 0 Å². The Bertz CT molecular complexity index is 506. The molecule has 0 spiro atoms. The first-order valence-electron chi connectivity index (χ1n) is 4.58. The Kier molecular flexibility index (Phi) is 2.82. The molecule has 6 heteroatoms. The summed E-state index contributed by atoms with van der Waals surface area (Å²) in [5.74, 6) is 0.645. The molecule has 0 unspecified atom stereocenters. The summed E-state index contributed by atoms with van der Waals surface area (Å²) in [6.45, 7) is 0. The van der Waals surface area contributed by atoms with E-state index in [-0.39, 0.29) is 0 Å². The molecule has 0 fully saturated rings. The van der Waals surface area contributed by atoms with Crippen LogP contribution in [0.3, 0.4) is 0 Å². The molecule has 2 N–H and O–H groups in total. The minimum Gasteiger partial charge on any atom is -0.423 e. The predicted molar refractivity (Wildman–Crippen MR) is 63.4 cm³/mol. The smallest absolute Gasteiger partial charge is 0.340 e. The van der Waals surface area contributed by atoms with E-state index in [2.05, 4.69) is 10.1 Å². The van der Waals surface area contributed by atoms with E-state index in [4.69, 9.17) is 22.7 Å². The zero-order valence-corrected chi connectivity index (χ0v) is 9.44. The van der Waals surface area contributed by atoms with Gasteiger partial charge < -0.3 is 10.5 Å². The summed E-state index contributed by atoms with van der Waals surface area (Å²) in [7, 11) is 1.77. The van der Waals surface area contributed by atoms with Crippen LogP contribution in [0, 0.1) is 0 Å². The lowest BCUT2D eigenvalue weighted by atomic mass is 10.2. The van der Waals surface area contributed by atoms with Crippen LogP contribution in [-0.4, -0.2) is 19.8 Å². The fourth-order valence-corrected chi connectivity index (χ4v) is 1.30. The van der Waals surface area contributed by atoms with E-state index in [1.165, 1.54) is 0 Å². The standard InChI is InChI=1S/C10H10N4OS/c1-14-6-12-10(13-14)15-8-4-2-7(3-5-8)9(11)16/h2-6H,1H3,(H2,11,16). The average molecular weight is 234 g/mol. The first-order valence-corrected chi connectivity index (χ1v) is 4.99. The van der Waals surface area contributed by atoms with Crippen LogP contribution in [0.2, 0.25) is 0 Å². The van der Waals surface area contributed by atoms with Crippen LogP contribution in [0.1, 0.15) is 5.56 Å². The van der Waals surface area contributed by atoms with Gasteiger partial charge in [-0.2, -0.15) is 4.98 Å². The summed E-state index contributed by atoms with van der Waals surface area (Å²) in [5, 5.41) is 4.00. The minimum absolute atomic E-state index is 0.311. The van der Waals surface area contributed by atoms with Crippen molar-refractivity contribution in [3.63, 3.8) is 0 Å². The second-order valence-electron chi connectivity index (χ2n) is 3.19. The maximum atomic E-state index is 5.48. The number of aromatic nitrogens is 3.